The Hall–Kier alpha value is -1.33. The second-order valence-electron chi connectivity index (χ2n) is 5.17. The van der Waals surface area contributed by atoms with Gasteiger partial charge in [0, 0.05) is 29.3 Å². The van der Waals surface area contributed by atoms with Crippen molar-refractivity contribution in [3.8, 4) is 0 Å². The zero-order valence-corrected chi connectivity index (χ0v) is 14.0. The van der Waals surface area contributed by atoms with Gasteiger partial charge in [0.15, 0.2) is 0 Å². The molecule has 5 heteroatoms. The summed E-state index contributed by atoms with van der Waals surface area (Å²) in [7, 11) is 0. The van der Waals surface area contributed by atoms with Crippen LogP contribution in [0.4, 0.5) is 5.69 Å². The molecule has 0 saturated carbocycles. The third kappa shape index (κ3) is 3.47. The summed E-state index contributed by atoms with van der Waals surface area (Å²) in [6.07, 6.45) is 1.97. The first kappa shape index (κ1) is 14.6. The quantitative estimate of drug-likeness (QED) is 0.883. The van der Waals surface area contributed by atoms with Gasteiger partial charge >= 0.3 is 0 Å². The van der Waals surface area contributed by atoms with Gasteiger partial charge in [-0.3, -0.25) is 4.79 Å². The van der Waals surface area contributed by atoms with Crippen molar-refractivity contribution in [1.29, 1.82) is 0 Å². The molecule has 110 valence electrons. The van der Waals surface area contributed by atoms with Crippen LogP contribution in [0.15, 0.2) is 46.3 Å². The van der Waals surface area contributed by atoms with E-state index in [9.17, 15) is 4.79 Å². The van der Waals surface area contributed by atoms with Crippen molar-refractivity contribution in [2.45, 2.75) is 18.9 Å². The fourth-order valence-electron chi connectivity index (χ4n) is 2.58. The second-order valence-corrected chi connectivity index (χ2v) is 6.97. The van der Waals surface area contributed by atoms with Crippen LogP contribution in [0.3, 0.4) is 0 Å². The molecule has 1 amide bonds. The molecule has 1 aromatic carbocycles. The maximum atomic E-state index is 12.3. The summed E-state index contributed by atoms with van der Waals surface area (Å²) in [4.78, 5) is 15.1. The molecule has 2 aromatic rings. The van der Waals surface area contributed by atoms with Crippen LogP contribution in [0.1, 0.15) is 22.5 Å². The number of rotatable bonds is 3. The monoisotopic (exact) mass is 364 g/mol. The smallest absolute Gasteiger partial charge is 0.263 e. The van der Waals surface area contributed by atoms with Crippen LogP contribution in [0.2, 0.25) is 0 Å². The third-order valence-corrected chi connectivity index (χ3v) is 5.30. The highest BCUT2D eigenvalue weighted by molar-refractivity contribution is 9.10. The van der Waals surface area contributed by atoms with E-state index in [0.29, 0.717) is 6.04 Å². The van der Waals surface area contributed by atoms with E-state index < -0.39 is 0 Å². The fourth-order valence-corrected chi connectivity index (χ4v) is 3.67. The number of benzene rings is 1. The minimum Gasteiger partial charge on any atom is -0.381 e. The zero-order valence-electron chi connectivity index (χ0n) is 11.6. The van der Waals surface area contributed by atoms with E-state index in [0.717, 1.165) is 41.0 Å². The summed E-state index contributed by atoms with van der Waals surface area (Å²) in [5.74, 6) is 0.171. The Labute approximate surface area is 137 Å². The number of nitrogens with one attached hydrogen (secondary N) is 1. The Balaban J connectivity index is 1.56. The minimum atomic E-state index is 0.171. The lowest BCUT2D eigenvalue weighted by molar-refractivity contribution is 0.0723. The molecule has 0 spiro atoms. The van der Waals surface area contributed by atoms with Gasteiger partial charge in [-0.05, 0) is 52.4 Å². The number of hydrogen-bond acceptors (Lipinski definition) is 3. The Morgan fingerprint density at radius 3 is 2.62 bits per heavy atom. The number of likely N-dealkylation sites (tertiary alicyclic amines) is 1. The molecule has 1 aliphatic rings. The Bertz CT molecular complexity index is 606. The van der Waals surface area contributed by atoms with Crippen LogP contribution in [0, 0.1) is 0 Å². The average molecular weight is 365 g/mol. The van der Waals surface area contributed by atoms with Crippen molar-refractivity contribution >= 4 is 38.9 Å². The zero-order chi connectivity index (χ0) is 14.7. The van der Waals surface area contributed by atoms with E-state index in [1.54, 1.807) is 0 Å². The highest BCUT2D eigenvalue weighted by Gasteiger charge is 2.24. The lowest BCUT2D eigenvalue weighted by atomic mass is 10.0. The number of halogens is 1. The maximum absolute atomic E-state index is 12.3. The fraction of sp³-hybridized carbons (Fsp3) is 0.312. The van der Waals surface area contributed by atoms with Crippen LogP contribution >= 0.6 is 27.3 Å². The van der Waals surface area contributed by atoms with Gasteiger partial charge in [0.2, 0.25) is 0 Å². The molecule has 0 unspecified atom stereocenters. The number of para-hydroxylation sites is 1. The topological polar surface area (TPSA) is 32.3 Å². The Morgan fingerprint density at radius 2 is 1.95 bits per heavy atom. The summed E-state index contributed by atoms with van der Waals surface area (Å²) in [6, 6.07) is 12.4. The molecule has 3 nitrogen and oxygen atoms in total. The lowest BCUT2D eigenvalue weighted by Crippen LogP contribution is -2.42. The first-order valence-corrected chi connectivity index (χ1v) is 8.75. The summed E-state index contributed by atoms with van der Waals surface area (Å²) in [5.41, 5.74) is 1.13. The van der Waals surface area contributed by atoms with Gasteiger partial charge in [0.25, 0.3) is 5.91 Å². The summed E-state index contributed by atoms with van der Waals surface area (Å²) in [6.45, 7) is 1.64. The molecule has 0 radical (unpaired) electrons. The van der Waals surface area contributed by atoms with Crippen LogP contribution < -0.4 is 5.32 Å². The van der Waals surface area contributed by atoms with Gasteiger partial charge in [-0.15, -0.1) is 11.3 Å². The van der Waals surface area contributed by atoms with Crippen molar-refractivity contribution in [3.05, 3.63) is 51.1 Å². The molecule has 1 N–H and O–H groups in total. The Kier molecular flexibility index (Phi) is 4.60. The summed E-state index contributed by atoms with van der Waals surface area (Å²) in [5, 5.41) is 5.51. The van der Waals surface area contributed by atoms with Gasteiger partial charge in [-0.1, -0.05) is 18.2 Å². The van der Waals surface area contributed by atoms with Crippen LogP contribution in [-0.2, 0) is 0 Å². The first-order valence-electron chi connectivity index (χ1n) is 7.08. The molecule has 21 heavy (non-hydrogen) atoms. The van der Waals surface area contributed by atoms with E-state index in [1.165, 1.54) is 11.3 Å². The number of thiophene rings is 1. The number of carbonyl (C=O) groups is 1. The minimum absolute atomic E-state index is 0.171. The normalized spacial score (nSPS) is 16.0. The SMILES string of the molecule is O=C(c1cccs1)N1CCC(Nc2ccccc2Br)CC1. The highest BCUT2D eigenvalue weighted by atomic mass is 79.9. The number of piperidine rings is 1. The standard InChI is InChI=1S/C16H17BrN2OS/c17-13-4-1-2-5-14(13)18-12-7-9-19(10-8-12)16(20)15-6-3-11-21-15/h1-6,11-12,18H,7-10H2. The summed E-state index contributed by atoms with van der Waals surface area (Å²) >= 11 is 5.08. The number of anilines is 1. The molecule has 1 aromatic heterocycles. The molecule has 1 saturated heterocycles. The number of hydrogen-bond donors (Lipinski definition) is 1. The highest BCUT2D eigenvalue weighted by Crippen LogP contribution is 2.25. The third-order valence-electron chi connectivity index (χ3n) is 3.75. The predicted molar refractivity (Wildman–Crippen MR) is 91.0 cm³/mol. The largest absolute Gasteiger partial charge is 0.381 e. The molecule has 0 atom stereocenters. The molecule has 0 bridgehead atoms. The van der Waals surface area contributed by atoms with E-state index in [-0.39, 0.29) is 5.91 Å². The van der Waals surface area contributed by atoms with Gasteiger partial charge in [0.1, 0.15) is 0 Å². The molecular weight excluding hydrogens is 348 g/mol. The molecule has 1 aliphatic heterocycles. The Morgan fingerprint density at radius 1 is 1.19 bits per heavy atom. The molecule has 1 fully saturated rings. The van der Waals surface area contributed by atoms with Crippen molar-refractivity contribution < 1.29 is 4.79 Å². The van der Waals surface area contributed by atoms with Gasteiger partial charge in [-0.2, -0.15) is 0 Å². The maximum Gasteiger partial charge on any atom is 0.263 e. The number of carbonyl (C=O) groups excluding carboxylic acids is 1. The van der Waals surface area contributed by atoms with Crippen molar-refractivity contribution in [2.24, 2.45) is 0 Å². The molecule has 3 rings (SSSR count). The first-order chi connectivity index (χ1) is 10.2. The second kappa shape index (κ2) is 6.62. The van der Waals surface area contributed by atoms with E-state index in [4.69, 9.17) is 0 Å². The van der Waals surface area contributed by atoms with E-state index in [1.807, 2.05) is 40.6 Å². The number of amides is 1. The van der Waals surface area contributed by atoms with Crippen LogP contribution in [-0.4, -0.2) is 29.9 Å². The van der Waals surface area contributed by atoms with Gasteiger partial charge in [-0.25, -0.2) is 0 Å². The van der Waals surface area contributed by atoms with Crippen LogP contribution in [0.5, 0.6) is 0 Å². The van der Waals surface area contributed by atoms with Crippen molar-refractivity contribution in [3.63, 3.8) is 0 Å². The van der Waals surface area contributed by atoms with Crippen molar-refractivity contribution in [1.82, 2.24) is 4.90 Å². The van der Waals surface area contributed by atoms with E-state index in [2.05, 4.69) is 27.3 Å². The predicted octanol–water partition coefficient (Wildman–Crippen LogP) is 4.23. The lowest BCUT2D eigenvalue weighted by Gasteiger charge is -2.32. The molecule has 2 heterocycles. The molecule has 0 aliphatic carbocycles. The van der Waals surface area contributed by atoms with Gasteiger partial charge < -0.3 is 10.2 Å². The average Bonchev–Trinajstić information content (AvgIpc) is 3.04. The molecular formula is C16H17BrN2OS. The number of nitrogens with zero attached hydrogens (tertiary/aromatic N) is 1. The summed E-state index contributed by atoms with van der Waals surface area (Å²) < 4.78 is 1.09. The van der Waals surface area contributed by atoms with Crippen LogP contribution in [0.25, 0.3) is 0 Å². The van der Waals surface area contributed by atoms with Gasteiger partial charge in [0.05, 0.1) is 4.88 Å². The van der Waals surface area contributed by atoms with E-state index >= 15 is 0 Å². The van der Waals surface area contributed by atoms with Crippen molar-refractivity contribution in [2.75, 3.05) is 18.4 Å².